The summed E-state index contributed by atoms with van der Waals surface area (Å²) in [5.74, 6) is 0. The standard InChI is InChI=1S/C10H14N2O4/c1-5-4-12(10(15)11-9(5)14)8-3-7(13)6(2)16-8/h4,6-8,13H,3H2,1-2H3,(H,11,14,15)/t6-,7+,8-/m0/s1. The van der Waals surface area contributed by atoms with Crippen LogP contribution < -0.4 is 11.2 Å². The summed E-state index contributed by atoms with van der Waals surface area (Å²) in [5, 5.41) is 9.53. The summed E-state index contributed by atoms with van der Waals surface area (Å²) in [5.41, 5.74) is -0.466. The Morgan fingerprint density at radius 3 is 2.81 bits per heavy atom. The molecule has 0 spiro atoms. The van der Waals surface area contributed by atoms with Crippen molar-refractivity contribution in [2.75, 3.05) is 0 Å². The van der Waals surface area contributed by atoms with E-state index < -0.39 is 23.6 Å². The first kappa shape index (κ1) is 11.1. The van der Waals surface area contributed by atoms with Crippen LogP contribution in [0.25, 0.3) is 0 Å². The van der Waals surface area contributed by atoms with E-state index in [0.717, 1.165) is 0 Å². The smallest absolute Gasteiger partial charge is 0.330 e. The van der Waals surface area contributed by atoms with Crippen LogP contribution in [-0.4, -0.2) is 26.9 Å². The fourth-order valence-corrected chi connectivity index (χ4v) is 1.77. The molecule has 16 heavy (non-hydrogen) atoms. The lowest BCUT2D eigenvalue weighted by molar-refractivity contribution is -0.0102. The van der Waals surface area contributed by atoms with E-state index in [1.807, 2.05) is 0 Å². The summed E-state index contributed by atoms with van der Waals surface area (Å²) in [6, 6.07) is 0. The molecule has 2 heterocycles. The number of hydrogen-bond acceptors (Lipinski definition) is 4. The maximum Gasteiger partial charge on any atom is 0.330 e. The molecule has 0 bridgehead atoms. The third kappa shape index (κ3) is 1.81. The second-order valence-corrected chi connectivity index (χ2v) is 4.08. The van der Waals surface area contributed by atoms with Gasteiger partial charge in [-0.25, -0.2) is 4.79 Å². The summed E-state index contributed by atoms with van der Waals surface area (Å²) in [6.45, 7) is 3.36. The molecule has 6 heteroatoms. The molecular weight excluding hydrogens is 212 g/mol. The molecular formula is C10H14N2O4. The van der Waals surface area contributed by atoms with Crippen molar-refractivity contribution < 1.29 is 9.84 Å². The third-order valence-electron chi connectivity index (χ3n) is 2.81. The van der Waals surface area contributed by atoms with Crippen molar-refractivity contribution in [2.45, 2.75) is 38.7 Å². The molecule has 1 aromatic heterocycles. The number of aromatic amines is 1. The van der Waals surface area contributed by atoms with Crippen molar-refractivity contribution in [1.82, 2.24) is 9.55 Å². The minimum Gasteiger partial charge on any atom is -0.390 e. The van der Waals surface area contributed by atoms with E-state index in [1.165, 1.54) is 10.8 Å². The summed E-state index contributed by atoms with van der Waals surface area (Å²) < 4.78 is 6.74. The Bertz CT molecular complexity index is 494. The average molecular weight is 226 g/mol. The molecule has 1 fully saturated rings. The minimum atomic E-state index is -0.580. The Kier molecular flexibility index (Phi) is 2.69. The third-order valence-corrected chi connectivity index (χ3v) is 2.81. The second kappa shape index (κ2) is 3.88. The monoisotopic (exact) mass is 226 g/mol. The number of aliphatic hydroxyl groups excluding tert-OH is 1. The van der Waals surface area contributed by atoms with E-state index in [9.17, 15) is 14.7 Å². The lowest BCUT2D eigenvalue weighted by atomic mass is 10.2. The highest BCUT2D eigenvalue weighted by Crippen LogP contribution is 2.26. The Labute approximate surface area is 91.5 Å². The van der Waals surface area contributed by atoms with E-state index in [0.29, 0.717) is 12.0 Å². The van der Waals surface area contributed by atoms with Gasteiger partial charge in [-0.05, 0) is 13.8 Å². The predicted octanol–water partition coefficient (Wildman–Crippen LogP) is -0.487. The number of nitrogens with zero attached hydrogens (tertiary/aromatic N) is 1. The SMILES string of the molecule is Cc1cn([C@@H]2C[C@@H](O)[C@H](C)O2)c(=O)[nH]c1=O. The number of ether oxygens (including phenoxy) is 1. The number of aromatic nitrogens is 2. The topological polar surface area (TPSA) is 84.3 Å². The van der Waals surface area contributed by atoms with Crippen molar-refractivity contribution in [3.8, 4) is 0 Å². The Balaban J connectivity index is 2.39. The van der Waals surface area contributed by atoms with E-state index in [2.05, 4.69) is 4.98 Å². The molecule has 0 unspecified atom stereocenters. The van der Waals surface area contributed by atoms with Gasteiger partial charge in [0.25, 0.3) is 5.56 Å². The molecule has 1 saturated heterocycles. The molecule has 0 aliphatic carbocycles. The van der Waals surface area contributed by atoms with Crippen molar-refractivity contribution in [1.29, 1.82) is 0 Å². The van der Waals surface area contributed by atoms with E-state index in [4.69, 9.17) is 4.74 Å². The predicted molar refractivity (Wildman–Crippen MR) is 56.3 cm³/mol. The summed E-state index contributed by atoms with van der Waals surface area (Å²) in [6.07, 6.45) is 0.421. The van der Waals surface area contributed by atoms with Crippen molar-refractivity contribution in [3.63, 3.8) is 0 Å². The van der Waals surface area contributed by atoms with E-state index >= 15 is 0 Å². The molecule has 88 valence electrons. The number of aliphatic hydroxyl groups is 1. The van der Waals surface area contributed by atoms with Crippen molar-refractivity contribution in [3.05, 3.63) is 32.6 Å². The van der Waals surface area contributed by atoms with Gasteiger partial charge in [-0.3, -0.25) is 14.3 Å². The van der Waals surface area contributed by atoms with Gasteiger partial charge in [0, 0.05) is 18.2 Å². The fraction of sp³-hybridized carbons (Fsp3) is 0.600. The lowest BCUT2D eigenvalue weighted by Gasteiger charge is -2.13. The van der Waals surface area contributed by atoms with Crippen LogP contribution in [0, 0.1) is 6.92 Å². The van der Waals surface area contributed by atoms with Crippen LogP contribution in [0.15, 0.2) is 15.8 Å². The number of nitrogens with one attached hydrogen (secondary N) is 1. The number of aryl methyl sites for hydroxylation is 1. The first-order valence-electron chi connectivity index (χ1n) is 5.14. The Morgan fingerprint density at radius 2 is 2.25 bits per heavy atom. The van der Waals surface area contributed by atoms with E-state index in [-0.39, 0.29) is 6.10 Å². The first-order chi connectivity index (χ1) is 7.49. The zero-order valence-corrected chi connectivity index (χ0v) is 9.14. The van der Waals surface area contributed by atoms with Gasteiger partial charge in [-0.2, -0.15) is 0 Å². The van der Waals surface area contributed by atoms with Crippen LogP contribution >= 0.6 is 0 Å². The lowest BCUT2D eigenvalue weighted by Crippen LogP contribution is -2.33. The van der Waals surface area contributed by atoms with Crippen LogP contribution in [0.1, 0.15) is 25.1 Å². The summed E-state index contributed by atoms with van der Waals surface area (Å²) in [4.78, 5) is 24.9. The summed E-state index contributed by atoms with van der Waals surface area (Å²) >= 11 is 0. The maximum atomic E-state index is 11.5. The maximum absolute atomic E-state index is 11.5. The van der Waals surface area contributed by atoms with Crippen LogP contribution in [-0.2, 0) is 4.74 Å². The fourth-order valence-electron chi connectivity index (χ4n) is 1.77. The molecule has 2 N–H and O–H groups in total. The van der Waals surface area contributed by atoms with E-state index in [1.54, 1.807) is 13.8 Å². The van der Waals surface area contributed by atoms with Gasteiger partial charge in [0.15, 0.2) is 0 Å². The van der Waals surface area contributed by atoms with Gasteiger partial charge in [-0.1, -0.05) is 0 Å². The normalized spacial score (nSPS) is 29.6. The molecule has 0 aromatic carbocycles. The first-order valence-corrected chi connectivity index (χ1v) is 5.14. The molecule has 6 nitrogen and oxygen atoms in total. The highest BCUT2D eigenvalue weighted by atomic mass is 16.5. The molecule has 2 rings (SSSR count). The number of hydrogen-bond donors (Lipinski definition) is 2. The van der Waals surface area contributed by atoms with Crippen molar-refractivity contribution in [2.24, 2.45) is 0 Å². The summed E-state index contributed by atoms with van der Waals surface area (Å²) in [7, 11) is 0. The zero-order valence-electron chi connectivity index (χ0n) is 9.14. The quantitative estimate of drug-likeness (QED) is 0.677. The molecule has 0 radical (unpaired) electrons. The minimum absolute atomic E-state index is 0.302. The van der Waals surface area contributed by atoms with Gasteiger partial charge >= 0.3 is 5.69 Å². The molecule has 1 aliphatic rings. The van der Waals surface area contributed by atoms with Crippen LogP contribution in [0.4, 0.5) is 0 Å². The molecule has 0 amide bonds. The Hall–Kier alpha value is -1.40. The largest absolute Gasteiger partial charge is 0.390 e. The number of H-pyrrole nitrogens is 1. The second-order valence-electron chi connectivity index (χ2n) is 4.08. The average Bonchev–Trinajstić information content (AvgIpc) is 2.53. The highest BCUT2D eigenvalue weighted by Gasteiger charge is 2.32. The van der Waals surface area contributed by atoms with Crippen LogP contribution in [0.5, 0.6) is 0 Å². The molecule has 0 saturated carbocycles. The van der Waals surface area contributed by atoms with Gasteiger partial charge in [0.2, 0.25) is 0 Å². The van der Waals surface area contributed by atoms with Crippen LogP contribution in [0.2, 0.25) is 0 Å². The van der Waals surface area contributed by atoms with Gasteiger partial charge < -0.3 is 9.84 Å². The Morgan fingerprint density at radius 1 is 1.56 bits per heavy atom. The van der Waals surface area contributed by atoms with Crippen LogP contribution in [0.3, 0.4) is 0 Å². The zero-order chi connectivity index (χ0) is 11.9. The van der Waals surface area contributed by atoms with Gasteiger partial charge in [0.1, 0.15) is 6.23 Å². The molecule has 1 aromatic rings. The van der Waals surface area contributed by atoms with Gasteiger partial charge in [0.05, 0.1) is 12.2 Å². The molecule has 3 atom stereocenters. The van der Waals surface area contributed by atoms with Gasteiger partial charge in [-0.15, -0.1) is 0 Å². The van der Waals surface area contributed by atoms with Crippen molar-refractivity contribution >= 4 is 0 Å². The highest BCUT2D eigenvalue weighted by molar-refractivity contribution is 5.01. The number of rotatable bonds is 1. The molecule has 1 aliphatic heterocycles.